The SMILES string of the molecule is CC(C)Oc1ccc2cc(C(O)C(=O)NC(C(=O)N3C4CCC3CC(N)C4)C(F)(F)c3ccc(Br)cc3)ccc2c1.O=C(O)C(F)(F)F. The minimum absolute atomic E-state index is 0.000277. The number of ether oxygens (including phenoxy) is 1. The Kier molecular flexibility index (Phi) is 11.4. The van der Waals surface area contributed by atoms with Crippen LogP contribution in [0.3, 0.4) is 0 Å². The lowest BCUT2D eigenvalue weighted by Crippen LogP contribution is -2.61. The number of aliphatic carboxylic acids is 1. The number of benzene rings is 3. The van der Waals surface area contributed by atoms with Crippen LogP contribution in [0.2, 0.25) is 0 Å². The van der Waals surface area contributed by atoms with Crippen LogP contribution in [0.1, 0.15) is 56.8 Å². The van der Waals surface area contributed by atoms with Crippen LogP contribution in [0, 0.1) is 0 Å². The van der Waals surface area contributed by atoms with E-state index in [1.807, 2.05) is 19.9 Å². The third kappa shape index (κ3) is 8.60. The maximum Gasteiger partial charge on any atom is 0.490 e. The molecule has 4 atom stereocenters. The maximum absolute atomic E-state index is 16.1. The molecular weight excluding hydrogens is 709 g/mol. The van der Waals surface area contributed by atoms with Crippen LogP contribution >= 0.6 is 15.9 Å². The first kappa shape index (κ1) is 37.0. The first-order valence-electron chi connectivity index (χ1n) is 15.1. The summed E-state index contributed by atoms with van der Waals surface area (Å²) in [4.78, 5) is 37.5. The van der Waals surface area contributed by atoms with Crippen LogP contribution in [0.15, 0.2) is 65.1 Å². The van der Waals surface area contributed by atoms with Gasteiger partial charge in [-0.15, -0.1) is 0 Å². The van der Waals surface area contributed by atoms with E-state index < -0.39 is 47.6 Å². The molecule has 2 amide bonds. The molecule has 2 aliphatic heterocycles. The predicted molar refractivity (Wildman–Crippen MR) is 169 cm³/mol. The second-order valence-corrected chi connectivity index (χ2v) is 13.0. The molecule has 0 aliphatic carbocycles. The van der Waals surface area contributed by atoms with Crippen molar-refractivity contribution in [3.05, 3.63) is 76.3 Å². The molecule has 4 unspecified atom stereocenters. The molecule has 0 radical (unpaired) electrons. The van der Waals surface area contributed by atoms with E-state index in [-0.39, 0.29) is 29.8 Å². The highest BCUT2D eigenvalue weighted by Crippen LogP contribution is 2.40. The zero-order chi connectivity index (χ0) is 35.6. The number of piperidine rings is 1. The number of nitrogens with two attached hydrogens (primary N) is 1. The molecule has 5 rings (SSSR count). The number of aliphatic hydroxyl groups excluding tert-OH is 1. The van der Waals surface area contributed by atoms with Crippen molar-refractivity contribution in [3.8, 4) is 5.75 Å². The van der Waals surface area contributed by atoms with Crippen LogP contribution in [0.25, 0.3) is 10.8 Å². The van der Waals surface area contributed by atoms with Crippen LogP contribution in [-0.4, -0.2) is 69.3 Å². The lowest BCUT2D eigenvalue weighted by Gasteiger charge is -2.41. The molecule has 0 aromatic heterocycles. The Balaban J connectivity index is 0.000000671. The highest BCUT2D eigenvalue weighted by molar-refractivity contribution is 9.10. The van der Waals surface area contributed by atoms with Gasteiger partial charge in [0.05, 0.1) is 6.10 Å². The summed E-state index contributed by atoms with van der Waals surface area (Å²) in [6.45, 7) is 3.84. The third-order valence-corrected chi connectivity index (χ3v) is 8.69. The molecule has 2 saturated heterocycles. The van der Waals surface area contributed by atoms with E-state index in [0.29, 0.717) is 35.9 Å². The summed E-state index contributed by atoms with van der Waals surface area (Å²) in [6, 6.07) is 12.8. The third-order valence-electron chi connectivity index (χ3n) is 8.16. The number of nitrogens with one attached hydrogen (secondary N) is 1. The highest BCUT2D eigenvalue weighted by atomic mass is 79.9. The number of fused-ring (bicyclic) bond motifs is 3. The standard InChI is InChI=1S/C31H34BrF2N3O4.C2HF3O2/c1-17(2)41-26-12-5-18-13-20(4-3-19(18)14-26)27(38)29(39)36-28(31(33,34)21-6-8-22(32)9-7-21)30(40)37-24-10-11-25(37)16-23(35)15-24;3-2(4,5)1(6)7/h3-9,12-14,17,23-25,27-28,38H,10-11,15-16,35H2,1-2H3,(H,36,39);(H,6,7). The predicted octanol–water partition coefficient (Wildman–Crippen LogP) is 5.81. The number of amides is 2. The summed E-state index contributed by atoms with van der Waals surface area (Å²) >= 11 is 3.25. The first-order chi connectivity index (χ1) is 22.4. The summed E-state index contributed by atoms with van der Waals surface area (Å²) in [5, 5.41) is 21.9. The molecule has 48 heavy (non-hydrogen) atoms. The fraction of sp³-hybridized carbons (Fsp3) is 0.424. The van der Waals surface area contributed by atoms with E-state index in [4.69, 9.17) is 20.4 Å². The molecule has 5 N–H and O–H groups in total. The monoisotopic (exact) mass is 743 g/mol. The number of aliphatic hydroxyl groups is 1. The number of hydrogen-bond acceptors (Lipinski definition) is 6. The molecular formula is C33H35BrF5N3O6. The fourth-order valence-electron chi connectivity index (χ4n) is 6.00. The quantitative estimate of drug-likeness (QED) is 0.213. The molecule has 2 bridgehead atoms. The molecule has 3 aromatic rings. The van der Waals surface area contributed by atoms with Gasteiger partial charge in [0.15, 0.2) is 12.1 Å². The molecule has 15 heteroatoms. The largest absolute Gasteiger partial charge is 0.491 e. The van der Waals surface area contributed by atoms with Gasteiger partial charge < -0.3 is 30.9 Å². The zero-order valence-electron chi connectivity index (χ0n) is 25.9. The smallest absolute Gasteiger partial charge is 0.490 e. The molecule has 260 valence electrons. The lowest BCUT2D eigenvalue weighted by molar-refractivity contribution is -0.192. The lowest BCUT2D eigenvalue weighted by atomic mass is 9.94. The number of carbonyl (C=O) groups is 3. The van der Waals surface area contributed by atoms with Crippen LogP contribution in [0.5, 0.6) is 5.75 Å². The maximum atomic E-state index is 16.1. The van der Waals surface area contributed by atoms with E-state index in [0.717, 1.165) is 10.8 Å². The second-order valence-electron chi connectivity index (χ2n) is 12.1. The summed E-state index contributed by atoms with van der Waals surface area (Å²) in [5.41, 5.74) is 5.94. The Labute approximate surface area is 281 Å². The zero-order valence-corrected chi connectivity index (χ0v) is 27.5. The van der Waals surface area contributed by atoms with Gasteiger partial charge in [-0.2, -0.15) is 22.0 Å². The Morgan fingerprint density at radius 3 is 2.02 bits per heavy atom. The highest BCUT2D eigenvalue weighted by Gasteiger charge is 2.53. The van der Waals surface area contributed by atoms with Crippen molar-refractivity contribution >= 4 is 44.5 Å². The molecule has 9 nitrogen and oxygen atoms in total. The number of carboxylic acid groups (broad SMARTS) is 1. The topological polar surface area (TPSA) is 142 Å². The summed E-state index contributed by atoms with van der Waals surface area (Å²) < 4.78 is 70.2. The first-order valence-corrected chi connectivity index (χ1v) is 15.9. The normalized spacial score (nSPS) is 20.5. The van der Waals surface area contributed by atoms with Gasteiger partial charge in [0.25, 0.3) is 11.8 Å². The van der Waals surface area contributed by atoms with E-state index in [1.54, 1.807) is 30.3 Å². The van der Waals surface area contributed by atoms with Gasteiger partial charge >= 0.3 is 18.1 Å². The molecule has 2 heterocycles. The Hall–Kier alpha value is -3.82. The molecule has 2 aliphatic rings. The second kappa shape index (κ2) is 14.7. The van der Waals surface area contributed by atoms with Crippen LogP contribution in [0.4, 0.5) is 22.0 Å². The van der Waals surface area contributed by atoms with Crippen molar-refractivity contribution in [1.29, 1.82) is 0 Å². The van der Waals surface area contributed by atoms with Gasteiger partial charge in [0, 0.05) is 28.2 Å². The number of carbonyl (C=O) groups excluding carboxylic acids is 2. The van der Waals surface area contributed by atoms with E-state index in [2.05, 4.69) is 21.2 Å². The van der Waals surface area contributed by atoms with Gasteiger partial charge in [-0.1, -0.05) is 46.3 Å². The van der Waals surface area contributed by atoms with Gasteiger partial charge in [-0.3, -0.25) is 9.59 Å². The van der Waals surface area contributed by atoms with E-state index in [1.165, 1.54) is 29.2 Å². The van der Waals surface area contributed by atoms with E-state index >= 15 is 8.78 Å². The van der Waals surface area contributed by atoms with Gasteiger partial charge in [-0.25, -0.2) is 4.79 Å². The van der Waals surface area contributed by atoms with E-state index in [9.17, 15) is 27.9 Å². The molecule has 0 spiro atoms. The van der Waals surface area contributed by atoms with Gasteiger partial charge in [-0.05, 0) is 86.2 Å². The number of nitrogens with zero attached hydrogens (tertiary/aromatic N) is 1. The van der Waals surface area contributed by atoms with Gasteiger partial charge in [0.1, 0.15) is 5.75 Å². The summed E-state index contributed by atoms with van der Waals surface area (Å²) in [7, 11) is 0. The summed E-state index contributed by atoms with van der Waals surface area (Å²) in [6.07, 6.45) is -4.45. The number of carboxylic acids is 1. The van der Waals surface area contributed by atoms with Crippen molar-refractivity contribution in [2.45, 2.75) is 88.0 Å². The van der Waals surface area contributed by atoms with Crippen LogP contribution in [-0.2, 0) is 20.3 Å². The molecule has 0 saturated carbocycles. The average molecular weight is 745 g/mol. The minimum atomic E-state index is -5.08. The number of alkyl halides is 5. The van der Waals surface area contributed by atoms with Crippen molar-refractivity contribution in [1.82, 2.24) is 10.2 Å². The van der Waals surface area contributed by atoms with Crippen molar-refractivity contribution in [2.75, 3.05) is 0 Å². The average Bonchev–Trinajstić information content (AvgIpc) is 3.28. The van der Waals surface area contributed by atoms with Gasteiger partial charge in [0.2, 0.25) is 0 Å². The van der Waals surface area contributed by atoms with Crippen LogP contribution < -0.4 is 15.8 Å². The van der Waals surface area contributed by atoms with Crippen molar-refractivity contribution in [3.63, 3.8) is 0 Å². The Morgan fingerprint density at radius 2 is 1.48 bits per heavy atom. The molecule has 2 fully saturated rings. The Bertz CT molecular complexity index is 1620. The number of hydrogen-bond donors (Lipinski definition) is 4. The minimum Gasteiger partial charge on any atom is -0.491 e. The Morgan fingerprint density at radius 1 is 0.938 bits per heavy atom. The van der Waals surface area contributed by atoms with Crippen molar-refractivity contribution < 1.29 is 51.3 Å². The number of halogens is 6. The van der Waals surface area contributed by atoms with Crippen molar-refractivity contribution in [2.24, 2.45) is 5.73 Å². The fourth-order valence-corrected chi connectivity index (χ4v) is 6.27. The molecule has 3 aromatic carbocycles. The summed E-state index contributed by atoms with van der Waals surface area (Å²) in [5.74, 6) is -7.77. The number of rotatable bonds is 8.